The monoisotopic (exact) mass is 594 g/mol. The predicted molar refractivity (Wildman–Crippen MR) is 159 cm³/mol. The Balaban J connectivity index is 1.29. The van der Waals surface area contributed by atoms with Crippen LogP contribution in [0.5, 0.6) is 0 Å². The van der Waals surface area contributed by atoms with E-state index in [1.54, 1.807) is 48.5 Å². The van der Waals surface area contributed by atoms with E-state index in [1.807, 2.05) is 42.5 Å². The van der Waals surface area contributed by atoms with Gasteiger partial charge in [-0.25, -0.2) is 9.80 Å². The summed E-state index contributed by atoms with van der Waals surface area (Å²) < 4.78 is 0. The Labute approximate surface area is 252 Å². The molecular formula is C34H24Cl2N2O4. The van der Waals surface area contributed by atoms with Crippen LogP contribution < -0.4 is 9.80 Å². The number of anilines is 2. The molecule has 0 N–H and O–H groups in total. The van der Waals surface area contributed by atoms with Crippen LogP contribution in [0.4, 0.5) is 11.4 Å². The standard InChI is InChI=1S/C34H24Cl2N2O4/c35-18-8-4-10-20(14-18)37-31(39)25-16-24(17-6-2-1-3-7-17)26-22-12-13-23(27(26)30(25)34(37)42)29-28(22)32(40)38(33(29)41)21-11-5-9-19(36)15-21/h1-15,22-23,25,27-30H,16H2. The fourth-order valence-electron chi connectivity index (χ4n) is 8.26. The van der Waals surface area contributed by atoms with Crippen molar-refractivity contribution in [1.29, 1.82) is 0 Å². The van der Waals surface area contributed by atoms with Crippen molar-refractivity contribution in [2.45, 2.75) is 6.42 Å². The van der Waals surface area contributed by atoms with Gasteiger partial charge in [0.25, 0.3) is 0 Å². The van der Waals surface area contributed by atoms with Gasteiger partial charge in [-0.3, -0.25) is 19.2 Å². The normalized spacial score (nSPS) is 31.1. The first-order chi connectivity index (χ1) is 20.3. The summed E-state index contributed by atoms with van der Waals surface area (Å²) in [6.07, 6.45) is 4.44. The first kappa shape index (κ1) is 25.7. The van der Waals surface area contributed by atoms with Gasteiger partial charge in [0, 0.05) is 21.9 Å². The lowest BCUT2D eigenvalue weighted by molar-refractivity contribution is -0.129. The highest BCUT2D eigenvalue weighted by atomic mass is 35.5. The number of benzene rings is 3. The zero-order valence-electron chi connectivity index (χ0n) is 22.2. The molecule has 3 aromatic rings. The van der Waals surface area contributed by atoms with Gasteiger partial charge in [0.1, 0.15) is 0 Å². The van der Waals surface area contributed by atoms with E-state index >= 15 is 0 Å². The van der Waals surface area contributed by atoms with Crippen LogP contribution in [0.25, 0.3) is 5.57 Å². The van der Waals surface area contributed by atoms with E-state index in [9.17, 15) is 19.2 Å². The smallest absolute Gasteiger partial charge is 0.238 e. The molecule has 42 heavy (non-hydrogen) atoms. The molecule has 2 saturated heterocycles. The van der Waals surface area contributed by atoms with Gasteiger partial charge in [0.15, 0.2) is 0 Å². The molecular weight excluding hydrogens is 571 g/mol. The summed E-state index contributed by atoms with van der Waals surface area (Å²) in [4.78, 5) is 58.9. The predicted octanol–water partition coefficient (Wildman–Crippen LogP) is 6.19. The highest BCUT2D eigenvalue weighted by Crippen LogP contribution is 2.63. The number of carbonyl (C=O) groups excluding carboxylic acids is 4. The Morgan fingerprint density at radius 1 is 0.595 bits per heavy atom. The number of amides is 4. The summed E-state index contributed by atoms with van der Waals surface area (Å²) in [6, 6.07) is 23.4. The Hall–Kier alpha value is -4.00. The Kier molecular flexibility index (Phi) is 5.66. The van der Waals surface area contributed by atoms with Crippen LogP contribution in [0.2, 0.25) is 10.0 Å². The molecule has 6 nitrogen and oxygen atoms in total. The highest BCUT2D eigenvalue weighted by Gasteiger charge is 2.67. The maximum atomic E-state index is 14.2. The molecule has 6 aliphatic rings. The van der Waals surface area contributed by atoms with Crippen molar-refractivity contribution in [3.05, 3.63) is 112 Å². The molecule has 0 aromatic heterocycles. The van der Waals surface area contributed by atoms with Crippen LogP contribution in [0.1, 0.15) is 12.0 Å². The molecule has 7 unspecified atom stereocenters. The van der Waals surface area contributed by atoms with E-state index in [0.717, 1.165) is 16.7 Å². The number of halogens is 2. The summed E-state index contributed by atoms with van der Waals surface area (Å²) in [5.41, 5.74) is 3.87. The molecule has 3 aromatic carbocycles. The van der Waals surface area contributed by atoms with Crippen LogP contribution in [-0.2, 0) is 19.2 Å². The zero-order chi connectivity index (χ0) is 28.9. The Bertz CT molecular complexity index is 1780. The minimum Gasteiger partial charge on any atom is -0.274 e. The van der Waals surface area contributed by atoms with Crippen LogP contribution in [0.15, 0.2) is 96.6 Å². The lowest BCUT2D eigenvalue weighted by Gasteiger charge is -2.51. The maximum Gasteiger partial charge on any atom is 0.238 e. The lowest BCUT2D eigenvalue weighted by Crippen LogP contribution is -2.51. The van der Waals surface area contributed by atoms with Crippen molar-refractivity contribution in [2.24, 2.45) is 41.4 Å². The minimum atomic E-state index is -0.638. The van der Waals surface area contributed by atoms with E-state index in [1.165, 1.54) is 9.80 Å². The van der Waals surface area contributed by atoms with Gasteiger partial charge in [-0.1, -0.05) is 83.4 Å². The molecule has 0 radical (unpaired) electrons. The summed E-state index contributed by atoms with van der Waals surface area (Å²) in [5, 5.41) is 0.872. The number of hydrogen-bond acceptors (Lipinski definition) is 4. The Morgan fingerprint density at radius 2 is 1.19 bits per heavy atom. The van der Waals surface area contributed by atoms with Gasteiger partial charge in [-0.2, -0.15) is 0 Å². The number of rotatable bonds is 3. The third-order valence-corrected chi connectivity index (χ3v) is 10.2. The second-order valence-corrected chi connectivity index (χ2v) is 12.6. The molecule has 2 heterocycles. The number of imide groups is 2. The summed E-state index contributed by atoms with van der Waals surface area (Å²) in [5.74, 6) is -4.63. The van der Waals surface area contributed by atoms with Crippen LogP contribution in [0.3, 0.4) is 0 Å². The second-order valence-electron chi connectivity index (χ2n) is 11.7. The number of hydrogen-bond donors (Lipinski definition) is 0. The van der Waals surface area contributed by atoms with Crippen LogP contribution >= 0.6 is 23.2 Å². The second kappa shape index (κ2) is 9.25. The highest BCUT2D eigenvalue weighted by molar-refractivity contribution is 6.32. The number of allylic oxidation sites excluding steroid dienone is 4. The summed E-state index contributed by atoms with van der Waals surface area (Å²) in [6.45, 7) is 0. The van der Waals surface area contributed by atoms with Gasteiger partial charge in [-0.15, -0.1) is 0 Å². The quantitative estimate of drug-likeness (QED) is 0.267. The molecule has 2 bridgehead atoms. The van der Waals surface area contributed by atoms with Gasteiger partial charge in [-0.05, 0) is 59.9 Å². The first-order valence-electron chi connectivity index (χ1n) is 14.1. The Morgan fingerprint density at radius 3 is 1.83 bits per heavy atom. The van der Waals surface area contributed by atoms with E-state index in [4.69, 9.17) is 23.2 Å². The molecule has 4 amide bonds. The molecule has 208 valence electrons. The van der Waals surface area contributed by atoms with E-state index in [2.05, 4.69) is 0 Å². The average Bonchev–Trinajstić information content (AvgIpc) is 3.42. The van der Waals surface area contributed by atoms with Gasteiger partial charge in [0.05, 0.1) is 35.0 Å². The fourth-order valence-corrected chi connectivity index (χ4v) is 8.62. The largest absolute Gasteiger partial charge is 0.274 e. The van der Waals surface area contributed by atoms with Gasteiger partial charge >= 0.3 is 0 Å². The maximum absolute atomic E-state index is 14.2. The van der Waals surface area contributed by atoms with E-state index in [0.29, 0.717) is 27.8 Å². The molecule has 2 aliphatic heterocycles. The molecule has 7 atom stereocenters. The van der Waals surface area contributed by atoms with Gasteiger partial charge < -0.3 is 0 Å². The van der Waals surface area contributed by atoms with Gasteiger partial charge in [0.2, 0.25) is 23.6 Å². The van der Waals surface area contributed by atoms with Crippen molar-refractivity contribution < 1.29 is 19.2 Å². The van der Waals surface area contributed by atoms with Crippen molar-refractivity contribution >= 4 is 63.8 Å². The van der Waals surface area contributed by atoms with Crippen LogP contribution in [0, 0.1) is 41.4 Å². The van der Waals surface area contributed by atoms with Crippen LogP contribution in [-0.4, -0.2) is 23.6 Å². The molecule has 4 aliphatic carbocycles. The summed E-state index contributed by atoms with van der Waals surface area (Å²) >= 11 is 12.5. The topological polar surface area (TPSA) is 74.8 Å². The van der Waals surface area contributed by atoms with E-state index in [-0.39, 0.29) is 35.5 Å². The zero-order valence-corrected chi connectivity index (χ0v) is 23.7. The summed E-state index contributed by atoms with van der Waals surface area (Å²) in [7, 11) is 0. The molecule has 3 fully saturated rings. The number of fused-ring (bicyclic) bond motifs is 1. The molecule has 8 heteroatoms. The van der Waals surface area contributed by atoms with Crippen molar-refractivity contribution in [1.82, 2.24) is 0 Å². The average molecular weight is 595 g/mol. The SMILES string of the molecule is O=C1C2CC(c3ccccc3)=C3C4C=CC(C5C(=O)N(c6cccc(Cl)c6)C(=O)C45)C3C2C(=O)N1c1cccc(Cl)c1. The molecule has 0 spiro atoms. The fraction of sp³-hybridized carbons (Fsp3) is 0.235. The molecule has 9 rings (SSSR count). The van der Waals surface area contributed by atoms with E-state index < -0.39 is 29.6 Å². The third kappa shape index (κ3) is 3.45. The van der Waals surface area contributed by atoms with Crippen molar-refractivity contribution in [3.63, 3.8) is 0 Å². The van der Waals surface area contributed by atoms with Crippen molar-refractivity contribution in [3.8, 4) is 0 Å². The molecule has 1 saturated carbocycles. The number of carbonyl (C=O) groups is 4. The number of nitrogens with zero attached hydrogens (tertiary/aromatic N) is 2. The first-order valence-corrected chi connectivity index (χ1v) is 14.8. The van der Waals surface area contributed by atoms with Crippen molar-refractivity contribution in [2.75, 3.05) is 9.80 Å². The minimum absolute atomic E-state index is 0.249. The third-order valence-electron chi connectivity index (χ3n) is 9.76. The lowest BCUT2D eigenvalue weighted by atomic mass is 9.49.